The van der Waals surface area contributed by atoms with Crippen molar-refractivity contribution in [2.45, 2.75) is 18.6 Å². The second kappa shape index (κ2) is 3.84. The van der Waals surface area contributed by atoms with Crippen LogP contribution in [-0.2, 0) is 0 Å². The summed E-state index contributed by atoms with van der Waals surface area (Å²) >= 11 is 0. The molecule has 2 atom stereocenters. The number of aromatic nitrogens is 2. The molecule has 1 saturated carbocycles. The van der Waals surface area contributed by atoms with Gasteiger partial charge in [-0.1, -0.05) is 0 Å². The van der Waals surface area contributed by atoms with E-state index in [0.29, 0.717) is 0 Å². The Morgan fingerprint density at radius 3 is 2.79 bits per heavy atom. The lowest BCUT2D eigenvalue weighted by molar-refractivity contribution is 0.0694. The number of rotatable bonds is 2. The van der Waals surface area contributed by atoms with Crippen molar-refractivity contribution in [2.24, 2.45) is 0 Å². The smallest absolute Gasteiger partial charge is 0.341 e. The number of aromatic carboxylic acids is 1. The average molecular weight is 266 g/mol. The minimum atomic E-state index is -1.43. The molecular formula is C12H8F2N2O3. The lowest BCUT2D eigenvalue weighted by Gasteiger charge is -2.10. The SMILES string of the molecule is O=C(O)c1cn([C@@H]2C[C@H]2F)c2ncc(F)cc2c1=O. The van der Waals surface area contributed by atoms with Crippen LogP contribution in [0.25, 0.3) is 11.0 Å². The highest BCUT2D eigenvalue weighted by Crippen LogP contribution is 2.40. The Morgan fingerprint density at radius 1 is 1.53 bits per heavy atom. The molecule has 2 aromatic heterocycles. The lowest BCUT2D eigenvalue weighted by atomic mass is 10.2. The van der Waals surface area contributed by atoms with Gasteiger partial charge in [-0.2, -0.15) is 0 Å². The van der Waals surface area contributed by atoms with E-state index in [1.165, 1.54) is 4.57 Å². The number of hydrogen-bond donors (Lipinski definition) is 1. The van der Waals surface area contributed by atoms with E-state index in [1.807, 2.05) is 0 Å². The minimum Gasteiger partial charge on any atom is -0.477 e. The van der Waals surface area contributed by atoms with Crippen molar-refractivity contribution in [1.82, 2.24) is 9.55 Å². The van der Waals surface area contributed by atoms with Crippen LogP contribution in [0.2, 0.25) is 0 Å². The van der Waals surface area contributed by atoms with E-state index in [0.717, 1.165) is 18.5 Å². The Morgan fingerprint density at radius 2 is 2.21 bits per heavy atom. The zero-order valence-electron chi connectivity index (χ0n) is 9.51. The van der Waals surface area contributed by atoms with Gasteiger partial charge in [-0.25, -0.2) is 18.6 Å². The van der Waals surface area contributed by atoms with E-state index in [-0.39, 0.29) is 17.5 Å². The third kappa shape index (κ3) is 1.78. The second-order valence-electron chi connectivity index (χ2n) is 4.43. The van der Waals surface area contributed by atoms with E-state index < -0.39 is 35.0 Å². The molecule has 0 amide bonds. The standard InChI is InChI=1S/C12H8F2N2O3/c13-5-1-6-10(17)7(12(18)19)4-16(9-2-8(9)14)11(6)15-3-5/h1,3-4,8-9H,2H2,(H,18,19)/t8-,9-/m1/s1. The topological polar surface area (TPSA) is 72.2 Å². The number of halogens is 2. The summed E-state index contributed by atoms with van der Waals surface area (Å²) in [6.45, 7) is 0. The molecule has 0 spiro atoms. The summed E-state index contributed by atoms with van der Waals surface area (Å²) in [5, 5.41) is 8.81. The summed E-state index contributed by atoms with van der Waals surface area (Å²) in [7, 11) is 0. The van der Waals surface area contributed by atoms with Gasteiger partial charge in [0.2, 0.25) is 5.43 Å². The van der Waals surface area contributed by atoms with E-state index in [4.69, 9.17) is 5.11 Å². The molecule has 0 saturated heterocycles. The van der Waals surface area contributed by atoms with Gasteiger partial charge in [0.1, 0.15) is 23.2 Å². The van der Waals surface area contributed by atoms with Crippen molar-refractivity contribution in [1.29, 1.82) is 0 Å². The molecule has 98 valence electrons. The molecule has 1 fully saturated rings. The molecular weight excluding hydrogens is 258 g/mol. The third-order valence-electron chi connectivity index (χ3n) is 3.10. The van der Waals surface area contributed by atoms with Crippen LogP contribution >= 0.6 is 0 Å². The lowest BCUT2D eigenvalue weighted by Crippen LogP contribution is -2.19. The van der Waals surface area contributed by atoms with E-state index in [9.17, 15) is 18.4 Å². The highest BCUT2D eigenvalue weighted by molar-refractivity contribution is 5.91. The number of alkyl halides is 1. The van der Waals surface area contributed by atoms with Gasteiger partial charge >= 0.3 is 5.97 Å². The first kappa shape index (κ1) is 11.8. The normalized spacial score (nSPS) is 21.6. The molecule has 2 heterocycles. The summed E-state index contributed by atoms with van der Waals surface area (Å²) in [4.78, 5) is 26.7. The van der Waals surface area contributed by atoms with Crippen molar-refractivity contribution >= 4 is 17.0 Å². The molecule has 0 bridgehead atoms. The highest BCUT2D eigenvalue weighted by Gasteiger charge is 2.40. The fourth-order valence-electron chi connectivity index (χ4n) is 2.05. The summed E-state index contributed by atoms with van der Waals surface area (Å²) < 4.78 is 27.6. The Hall–Kier alpha value is -2.31. The van der Waals surface area contributed by atoms with Crippen LogP contribution in [0.4, 0.5) is 8.78 Å². The first-order valence-corrected chi connectivity index (χ1v) is 5.57. The molecule has 0 radical (unpaired) electrons. The quantitative estimate of drug-likeness (QED) is 0.894. The molecule has 1 N–H and O–H groups in total. The predicted molar refractivity (Wildman–Crippen MR) is 61.5 cm³/mol. The van der Waals surface area contributed by atoms with Gasteiger partial charge in [0, 0.05) is 12.6 Å². The molecule has 5 nitrogen and oxygen atoms in total. The highest BCUT2D eigenvalue weighted by atomic mass is 19.1. The van der Waals surface area contributed by atoms with Crippen molar-refractivity contribution in [3.05, 3.63) is 40.1 Å². The number of pyridine rings is 2. The monoisotopic (exact) mass is 266 g/mol. The number of fused-ring (bicyclic) bond motifs is 1. The second-order valence-corrected chi connectivity index (χ2v) is 4.43. The van der Waals surface area contributed by atoms with Crippen molar-refractivity contribution < 1.29 is 18.7 Å². The molecule has 1 aliphatic carbocycles. The summed E-state index contributed by atoms with van der Waals surface area (Å²) in [5.41, 5.74) is -1.23. The molecule has 0 aliphatic heterocycles. The van der Waals surface area contributed by atoms with E-state index in [2.05, 4.69) is 4.98 Å². The fourth-order valence-corrected chi connectivity index (χ4v) is 2.05. The van der Waals surface area contributed by atoms with Crippen LogP contribution in [0.5, 0.6) is 0 Å². The van der Waals surface area contributed by atoms with E-state index >= 15 is 0 Å². The Labute approximate surface area is 105 Å². The average Bonchev–Trinajstić information content (AvgIpc) is 3.07. The zero-order chi connectivity index (χ0) is 13.7. The number of carboxylic acid groups (broad SMARTS) is 1. The summed E-state index contributed by atoms with van der Waals surface area (Å²) in [6, 6.07) is 0.377. The van der Waals surface area contributed by atoms with Gasteiger partial charge in [-0.05, 0) is 6.07 Å². The Balaban J connectivity index is 2.39. The maximum Gasteiger partial charge on any atom is 0.341 e. The molecule has 0 aromatic carbocycles. The third-order valence-corrected chi connectivity index (χ3v) is 3.10. The number of carbonyl (C=O) groups is 1. The van der Waals surface area contributed by atoms with E-state index in [1.54, 1.807) is 0 Å². The molecule has 2 aromatic rings. The van der Waals surface area contributed by atoms with Crippen LogP contribution in [0, 0.1) is 5.82 Å². The van der Waals surface area contributed by atoms with Crippen LogP contribution in [0.15, 0.2) is 23.3 Å². The van der Waals surface area contributed by atoms with Crippen molar-refractivity contribution in [2.75, 3.05) is 0 Å². The van der Waals surface area contributed by atoms with Gasteiger partial charge in [0.05, 0.1) is 17.6 Å². The largest absolute Gasteiger partial charge is 0.477 e. The predicted octanol–water partition coefficient (Wildman–Crippen LogP) is 1.52. The Bertz CT molecular complexity index is 756. The zero-order valence-corrected chi connectivity index (χ0v) is 9.51. The minimum absolute atomic E-state index is 0.0987. The molecule has 0 unspecified atom stereocenters. The van der Waals surface area contributed by atoms with Gasteiger partial charge in [0.25, 0.3) is 0 Å². The molecule has 3 rings (SSSR count). The number of nitrogens with zero attached hydrogens (tertiary/aromatic N) is 2. The summed E-state index contributed by atoms with van der Waals surface area (Å²) in [5.74, 6) is -2.17. The Kier molecular flexibility index (Phi) is 2.38. The van der Waals surface area contributed by atoms with Gasteiger partial charge in [0.15, 0.2) is 0 Å². The first-order valence-electron chi connectivity index (χ1n) is 5.57. The van der Waals surface area contributed by atoms with Crippen molar-refractivity contribution in [3.8, 4) is 0 Å². The molecule has 1 aliphatic rings. The molecule has 19 heavy (non-hydrogen) atoms. The maximum atomic E-state index is 13.2. The van der Waals surface area contributed by atoms with Crippen LogP contribution < -0.4 is 5.43 Å². The fraction of sp³-hybridized carbons (Fsp3) is 0.250. The van der Waals surface area contributed by atoms with Gasteiger partial charge in [-0.3, -0.25) is 4.79 Å². The van der Waals surface area contributed by atoms with Crippen LogP contribution in [0.3, 0.4) is 0 Å². The van der Waals surface area contributed by atoms with Gasteiger partial charge < -0.3 is 9.67 Å². The molecule has 7 heteroatoms. The summed E-state index contributed by atoms with van der Waals surface area (Å²) in [6.07, 6.45) is 1.12. The number of carboxylic acids is 1. The first-order chi connectivity index (χ1) is 8.99. The maximum absolute atomic E-state index is 13.2. The van der Waals surface area contributed by atoms with Crippen LogP contribution in [0.1, 0.15) is 22.8 Å². The van der Waals surface area contributed by atoms with Crippen LogP contribution in [-0.4, -0.2) is 26.8 Å². The number of hydrogen-bond acceptors (Lipinski definition) is 3. The van der Waals surface area contributed by atoms with Crippen molar-refractivity contribution in [3.63, 3.8) is 0 Å². The van der Waals surface area contributed by atoms with Gasteiger partial charge in [-0.15, -0.1) is 0 Å².